The summed E-state index contributed by atoms with van der Waals surface area (Å²) in [5.41, 5.74) is 2.80. The fraction of sp³-hybridized carbons (Fsp3) is 0.278. The van der Waals surface area contributed by atoms with Crippen LogP contribution in [-0.4, -0.2) is 27.2 Å². The molecule has 0 radical (unpaired) electrons. The normalized spacial score (nSPS) is 10.8. The maximum Gasteiger partial charge on any atom is 0.274 e. The van der Waals surface area contributed by atoms with Crippen LogP contribution in [-0.2, 0) is 11.3 Å². The van der Waals surface area contributed by atoms with Crippen molar-refractivity contribution in [2.45, 2.75) is 26.8 Å². The van der Waals surface area contributed by atoms with E-state index in [1.165, 1.54) is 5.56 Å². The number of aryl methyl sites for hydroxylation is 1. The van der Waals surface area contributed by atoms with E-state index >= 15 is 0 Å². The maximum absolute atomic E-state index is 11.9. The molecule has 1 aromatic carbocycles. The van der Waals surface area contributed by atoms with Crippen LogP contribution in [0.3, 0.4) is 0 Å². The van der Waals surface area contributed by atoms with Crippen molar-refractivity contribution in [3.05, 3.63) is 48.2 Å². The predicted molar refractivity (Wildman–Crippen MR) is 91.2 cm³/mol. The van der Waals surface area contributed by atoms with Crippen LogP contribution < -0.4 is 5.32 Å². The fourth-order valence-corrected chi connectivity index (χ4v) is 2.37. The minimum Gasteiger partial charge on any atom is -0.355 e. The van der Waals surface area contributed by atoms with Crippen LogP contribution in [0.5, 0.6) is 0 Å². The molecule has 0 aliphatic carbocycles. The third-order valence-corrected chi connectivity index (χ3v) is 3.67. The zero-order valence-electron chi connectivity index (χ0n) is 13.8. The molecule has 6 heteroatoms. The molecule has 0 aliphatic rings. The molecule has 0 fully saturated rings. The van der Waals surface area contributed by atoms with Gasteiger partial charge in [-0.05, 0) is 25.5 Å². The van der Waals surface area contributed by atoms with Crippen LogP contribution >= 0.6 is 0 Å². The lowest BCUT2D eigenvalue weighted by molar-refractivity contribution is -0.121. The Balaban J connectivity index is 1.80. The highest BCUT2D eigenvalue weighted by atomic mass is 16.5. The van der Waals surface area contributed by atoms with Crippen LogP contribution in [0.25, 0.3) is 23.0 Å². The Morgan fingerprint density at radius 3 is 2.79 bits per heavy atom. The van der Waals surface area contributed by atoms with Crippen molar-refractivity contribution >= 4 is 5.91 Å². The van der Waals surface area contributed by atoms with Crippen LogP contribution in [0.15, 0.2) is 47.1 Å². The number of amides is 1. The lowest BCUT2D eigenvalue weighted by atomic mass is 10.1. The van der Waals surface area contributed by atoms with Gasteiger partial charge in [-0.2, -0.15) is 4.98 Å². The van der Waals surface area contributed by atoms with E-state index < -0.39 is 0 Å². The van der Waals surface area contributed by atoms with E-state index in [4.69, 9.17) is 4.52 Å². The average molecular weight is 324 g/mol. The van der Waals surface area contributed by atoms with E-state index in [1.54, 1.807) is 4.57 Å². The predicted octanol–water partition coefficient (Wildman–Crippen LogP) is 3.04. The highest BCUT2D eigenvalue weighted by molar-refractivity contribution is 5.76. The van der Waals surface area contributed by atoms with Gasteiger partial charge in [0.25, 0.3) is 5.89 Å². The third-order valence-electron chi connectivity index (χ3n) is 3.67. The average Bonchev–Trinajstić information content (AvgIpc) is 3.22. The molecule has 6 nitrogen and oxygen atoms in total. The van der Waals surface area contributed by atoms with Crippen molar-refractivity contribution < 1.29 is 9.32 Å². The van der Waals surface area contributed by atoms with E-state index in [0.29, 0.717) is 18.3 Å². The first kappa shape index (κ1) is 16.0. The molecule has 0 spiro atoms. The quantitative estimate of drug-likeness (QED) is 0.756. The zero-order valence-corrected chi connectivity index (χ0v) is 13.8. The smallest absolute Gasteiger partial charge is 0.274 e. The molecule has 0 saturated heterocycles. The molecule has 0 unspecified atom stereocenters. The second-order valence-electron chi connectivity index (χ2n) is 5.66. The van der Waals surface area contributed by atoms with Gasteiger partial charge in [-0.25, -0.2) is 0 Å². The van der Waals surface area contributed by atoms with Gasteiger partial charge in [0.2, 0.25) is 11.7 Å². The molecule has 0 atom stereocenters. The summed E-state index contributed by atoms with van der Waals surface area (Å²) in [5.74, 6) is 0.902. The molecule has 3 rings (SSSR count). The largest absolute Gasteiger partial charge is 0.355 e. The number of aromatic nitrogens is 3. The SMILES string of the molecule is CCCNC(=O)Cn1cccc1-c1nc(-c2ccc(C)cc2)no1. The summed E-state index contributed by atoms with van der Waals surface area (Å²) in [6, 6.07) is 11.7. The second kappa shape index (κ2) is 7.12. The van der Waals surface area contributed by atoms with Crippen LogP contribution in [0, 0.1) is 6.92 Å². The van der Waals surface area contributed by atoms with E-state index in [1.807, 2.05) is 56.4 Å². The summed E-state index contributed by atoms with van der Waals surface area (Å²) in [6.45, 7) is 4.95. The molecule has 3 aromatic rings. The molecule has 0 saturated carbocycles. The Bertz CT molecular complexity index is 818. The number of nitrogens with one attached hydrogen (secondary N) is 1. The minimum atomic E-state index is -0.0347. The summed E-state index contributed by atoms with van der Waals surface area (Å²) < 4.78 is 7.19. The van der Waals surface area contributed by atoms with Crippen LogP contribution in [0.2, 0.25) is 0 Å². The van der Waals surface area contributed by atoms with Crippen LogP contribution in [0.4, 0.5) is 0 Å². The number of hydrogen-bond donors (Lipinski definition) is 1. The van der Waals surface area contributed by atoms with E-state index in [9.17, 15) is 4.79 Å². The van der Waals surface area contributed by atoms with Gasteiger partial charge in [0.1, 0.15) is 12.2 Å². The van der Waals surface area contributed by atoms with Gasteiger partial charge in [0, 0.05) is 18.3 Å². The van der Waals surface area contributed by atoms with Crippen molar-refractivity contribution in [1.82, 2.24) is 20.0 Å². The summed E-state index contributed by atoms with van der Waals surface area (Å²) in [5, 5.41) is 6.90. The molecule has 1 N–H and O–H groups in total. The Morgan fingerprint density at radius 1 is 1.25 bits per heavy atom. The molecule has 0 bridgehead atoms. The van der Waals surface area contributed by atoms with Crippen molar-refractivity contribution in [3.63, 3.8) is 0 Å². The molecular formula is C18H20N4O2. The van der Waals surface area contributed by atoms with Crippen molar-refractivity contribution in [3.8, 4) is 23.0 Å². The summed E-state index contributed by atoms with van der Waals surface area (Å²) >= 11 is 0. The first-order valence-corrected chi connectivity index (χ1v) is 8.00. The highest BCUT2D eigenvalue weighted by Gasteiger charge is 2.15. The maximum atomic E-state index is 11.9. The molecule has 2 heterocycles. The number of carbonyl (C=O) groups excluding carboxylic acids is 1. The number of nitrogens with zero attached hydrogens (tertiary/aromatic N) is 3. The van der Waals surface area contributed by atoms with Gasteiger partial charge in [-0.3, -0.25) is 4.79 Å². The number of rotatable bonds is 6. The number of carbonyl (C=O) groups is 1. The van der Waals surface area contributed by atoms with E-state index in [2.05, 4.69) is 15.5 Å². The molecule has 0 aliphatic heterocycles. The van der Waals surface area contributed by atoms with Crippen LogP contribution in [0.1, 0.15) is 18.9 Å². The number of benzene rings is 1. The zero-order chi connectivity index (χ0) is 16.9. The molecule has 2 aromatic heterocycles. The first-order chi connectivity index (χ1) is 11.7. The van der Waals surface area contributed by atoms with Gasteiger partial charge in [0.05, 0.1) is 0 Å². The second-order valence-corrected chi connectivity index (χ2v) is 5.66. The number of hydrogen-bond acceptors (Lipinski definition) is 4. The van der Waals surface area contributed by atoms with Crippen molar-refractivity contribution in [2.24, 2.45) is 0 Å². The van der Waals surface area contributed by atoms with Gasteiger partial charge >= 0.3 is 0 Å². The summed E-state index contributed by atoms with van der Waals surface area (Å²) in [4.78, 5) is 16.4. The Morgan fingerprint density at radius 2 is 2.04 bits per heavy atom. The summed E-state index contributed by atoms with van der Waals surface area (Å²) in [7, 11) is 0. The fourth-order valence-electron chi connectivity index (χ4n) is 2.37. The van der Waals surface area contributed by atoms with Gasteiger partial charge < -0.3 is 14.4 Å². The van der Waals surface area contributed by atoms with E-state index in [-0.39, 0.29) is 12.5 Å². The molecule has 124 valence electrons. The van der Waals surface area contributed by atoms with Gasteiger partial charge in [-0.15, -0.1) is 0 Å². The highest BCUT2D eigenvalue weighted by Crippen LogP contribution is 2.23. The topological polar surface area (TPSA) is 73.0 Å². The molecule has 1 amide bonds. The molecule has 24 heavy (non-hydrogen) atoms. The van der Waals surface area contributed by atoms with Crippen molar-refractivity contribution in [1.29, 1.82) is 0 Å². The Labute approximate surface area is 140 Å². The summed E-state index contributed by atoms with van der Waals surface area (Å²) in [6.07, 6.45) is 2.74. The monoisotopic (exact) mass is 324 g/mol. The lowest BCUT2D eigenvalue weighted by Crippen LogP contribution is -2.28. The Kier molecular flexibility index (Phi) is 4.74. The minimum absolute atomic E-state index is 0.0347. The van der Waals surface area contributed by atoms with Gasteiger partial charge in [0.15, 0.2) is 0 Å². The van der Waals surface area contributed by atoms with Gasteiger partial charge in [-0.1, -0.05) is 41.9 Å². The third kappa shape index (κ3) is 3.53. The standard InChI is InChI=1S/C18H20N4O2/c1-3-10-19-16(23)12-22-11-4-5-15(22)18-20-17(21-24-18)14-8-6-13(2)7-9-14/h4-9,11H,3,10,12H2,1-2H3,(H,19,23). The Hall–Kier alpha value is -2.89. The van der Waals surface area contributed by atoms with Crippen molar-refractivity contribution in [2.75, 3.05) is 6.54 Å². The lowest BCUT2D eigenvalue weighted by Gasteiger charge is -2.06. The van der Waals surface area contributed by atoms with E-state index in [0.717, 1.165) is 17.7 Å². The molecular weight excluding hydrogens is 304 g/mol. The first-order valence-electron chi connectivity index (χ1n) is 8.00.